The average molecular weight is 236 g/mol. The van der Waals surface area contributed by atoms with Crippen molar-refractivity contribution in [3.8, 4) is 0 Å². The molecular formula is C12H20N2OSi. The van der Waals surface area contributed by atoms with Gasteiger partial charge in [0.25, 0.3) is 0 Å². The van der Waals surface area contributed by atoms with Crippen LogP contribution in [0.15, 0.2) is 30.8 Å². The maximum atomic E-state index is 5.72. The minimum absolute atomic E-state index is 0.725. The second-order valence-corrected chi connectivity index (χ2v) is 9.07. The Morgan fingerprint density at radius 2 is 2.25 bits per heavy atom. The summed E-state index contributed by atoms with van der Waals surface area (Å²) in [5.41, 5.74) is 1.07. The molecule has 0 saturated heterocycles. The molecular weight excluding hydrogens is 216 g/mol. The number of hydrogen-bond acceptors (Lipinski definition) is 2. The zero-order chi connectivity index (χ0) is 12.2. The van der Waals surface area contributed by atoms with E-state index >= 15 is 0 Å². The lowest BCUT2D eigenvalue weighted by Gasteiger charge is -2.18. The Morgan fingerprint density at radius 3 is 2.75 bits per heavy atom. The molecule has 1 aromatic heterocycles. The smallest absolute Gasteiger partial charge is 0.242 e. The van der Waals surface area contributed by atoms with E-state index in [1.165, 1.54) is 0 Å². The first-order valence-corrected chi connectivity index (χ1v) is 8.90. The van der Waals surface area contributed by atoms with Gasteiger partial charge in [-0.2, -0.15) is 5.10 Å². The van der Waals surface area contributed by atoms with Crippen molar-refractivity contribution in [3.63, 3.8) is 0 Å². The van der Waals surface area contributed by atoms with Crippen molar-refractivity contribution in [2.75, 3.05) is 0 Å². The van der Waals surface area contributed by atoms with Gasteiger partial charge in [-0.1, -0.05) is 6.58 Å². The van der Waals surface area contributed by atoms with Crippen molar-refractivity contribution in [2.24, 2.45) is 0 Å². The van der Waals surface area contributed by atoms with Crippen LogP contribution >= 0.6 is 0 Å². The number of aromatic nitrogens is 2. The van der Waals surface area contributed by atoms with Gasteiger partial charge in [0, 0.05) is 18.3 Å². The molecule has 88 valence electrons. The van der Waals surface area contributed by atoms with E-state index < -0.39 is 8.32 Å². The highest BCUT2D eigenvalue weighted by molar-refractivity contribution is 6.70. The Balaban J connectivity index is 2.56. The van der Waals surface area contributed by atoms with Crippen LogP contribution in [-0.2, 0) is 11.0 Å². The third-order valence-electron chi connectivity index (χ3n) is 1.88. The molecule has 0 saturated carbocycles. The first kappa shape index (κ1) is 12.8. The van der Waals surface area contributed by atoms with Crippen molar-refractivity contribution in [1.29, 1.82) is 0 Å². The van der Waals surface area contributed by atoms with Crippen molar-refractivity contribution in [1.82, 2.24) is 9.78 Å². The summed E-state index contributed by atoms with van der Waals surface area (Å²) in [6, 6.07) is 0. The highest BCUT2D eigenvalue weighted by Gasteiger charge is 2.15. The number of nitrogens with zero attached hydrogens (tertiary/aromatic N) is 2. The van der Waals surface area contributed by atoms with Gasteiger partial charge in [-0.05, 0) is 38.7 Å². The lowest BCUT2D eigenvalue weighted by molar-refractivity contribution is 0.445. The Hall–Kier alpha value is -1.29. The van der Waals surface area contributed by atoms with Crippen LogP contribution in [0.3, 0.4) is 0 Å². The van der Waals surface area contributed by atoms with Crippen LogP contribution in [0.1, 0.15) is 12.5 Å². The van der Waals surface area contributed by atoms with E-state index in [0.29, 0.717) is 0 Å². The van der Waals surface area contributed by atoms with Gasteiger partial charge >= 0.3 is 0 Å². The normalized spacial score (nSPS) is 12.0. The molecule has 0 atom stereocenters. The molecule has 0 aliphatic heterocycles. The molecule has 0 N–H and O–H groups in total. The molecule has 0 aliphatic carbocycles. The van der Waals surface area contributed by atoms with Crippen LogP contribution in [0.5, 0.6) is 0 Å². The van der Waals surface area contributed by atoms with E-state index in [1.807, 2.05) is 29.2 Å². The lowest BCUT2D eigenvalue weighted by atomic mass is 10.3. The summed E-state index contributed by atoms with van der Waals surface area (Å²) >= 11 is 0. The fourth-order valence-electron chi connectivity index (χ4n) is 1.26. The van der Waals surface area contributed by atoms with E-state index in [-0.39, 0.29) is 0 Å². The fraction of sp³-hybridized carbons (Fsp3) is 0.417. The number of aryl methyl sites for hydroxylation is 1. The molecule has 0 fully saturated rings. The molecule has 0 radical (unpaired) electrons. The van der Waals surface area contributed by atoms with Gasteiger partial charge in [0.1, 0.15) is 0 Å². The topological polar surface area (TPSA) is 27.1 Å². The van der Waals surface area contributed by atoms with Crippen LogP contribution in [0.2, 0.25) is 19.6 Å². The summed E-state index contributed by atoms with van der Waals surface area (Å²) in [5, 5.41) is 4.19. The van der Waals surface area contributed by atoms with E-state index in [1.54, 1.807) is 0 Å². The minimum atomic E-state index is -1.53. The molecule has 3 nitrogen and oxygen atoms in total. The molecule has 4 heteroatoms. The first-order valence-electron chi connectivity index (χ1n) is 5.49. The van der Waals surface area contributed by atoms with Gasteiger partial charge in [-0.25, -0.2) is 0 Å². The second kappa shape index (κ2) is 5.16. The molecule has 0 spiro atoms. The predicted molar refractivity (Wildman–Crippen MR) is 70.5 cm³/mol. The molecule has 1 aromatic rings. The van der Waals surface area contributed by atoms with Crippen molar-refractivity contribution in [2.45, 2.75) is 33.1 Å². The van der Waals surface area contributed by atoms with Gasteiger partial charge in [0.05, 0.1) is 12.0 Å². The molecule has 1 rings (SSSR count). The largest absolute Gasteiger partial charge is 0.545 e. The highest BCUT2D eigenvalue weighted by atomic mass is 28.4. The van der Waals surface area contributed by atoms with Crippen LogP contribution in [0.4, 0.5) is 0 Å². The SMILES string of the molecule is C=C(C=Cc1cnn(CC)c1)O[Si](C)(C)C. The second-order valence-electron chi connectivity index (χ2n) is 4.64. The lowest BCUT2D eigenvalue weighted by Crippen LogP contribution is -2.23. The molecule has 0 amide bonds. The number of hydrogen-bond donors (Lipinski definition) is 0. The maximum absolute atomic E-state index is 5.72. The number of rotatable bonds is 5. The predicted octanol–water partition coefficient (Wildman–Crippen LogP) is 3.28. The van der Waals surface area contributed by atoms with E-state index in [0.717, 1.165) is 17.9 Å². The maximum Gasteiger partial charge on any atom is 0.242 e. The summed E-state index contributed by atoms with van der Waals surface area (Å²) in [7, 11) is -1.53. The highest BCUT2D eigenvalue weighted by Crippen LogP contribution is 2.11. The first-order chi connectivity index (χ1) is 7.40. The quantitative estimate of drug-likeness (QED) is 0.445. The Labute approximate surface area is 98.6 Å². The van der Waals surface area contributed by atoms with Crippen LogP contribution in [0.25, 0.3) is 6.08 Å². The summed E-state index contributed by atoms with van der Waals surface area (Å²) in [6.07, 6.45) is 7.71. The minimum Gasteiger partial charge on any atom is -0.545 e. The van der Waals surface area contributed by atoms with E-state index in [2.05, 4.69) is 38.2 Å². The van der Waals surface area contributed by atoms with Gasteiger partial charge in [-0.3, -0.25) is 4.68 Å². The monoisotopic (exact) mass is 236 g/mol. The molecule has 1 heterocycles. The van der Waals surface area contributed by atoms with Crippen molar-refractivity contribution in [3.05, 3.63) is 36.4 Å². The molecule has 0 unspecified atom stereocenters. The molecule has 0 aromatic carbocycles. The summed E-state index contributed by atoms with van der Waals surface area (Å²) in [4.78, 5) is 0. The summed E-state index contributed by atoms with van der Waals surface area (Å²) in [5.74, 6) is 0.725. The summed E-state index contributed by atoms with van der Waals surface area (Å²) in [6.45, 7) is 13.3. The fourth-order valence-corrected chi connectivity index (χ4v) is 2.11. The third kappa shape index (κ3) is 4.48. The van der Waals surface area contributed by atoms with Gasteiger partial charge in [0.15, 0.2) is 0 Å². The van der Waals surface area contributed by atoms with Crippen molar-refractivity contribution >= 4 is 14.4 Å². The van der Waals surface area contributed by atoms with Crippen LogP contribution in [-0.4, -0.2) is 18.1 Å². The van der Waals surface area contributed by atoms with E-state index in [4.69, 9.17) is 4.43 Å². The average Bonchev–Trinajstić information content (AvgIpc) is 2.59. The molecule has 16 heavy (non-hydrogen) atoms. The zero-order valence-corrected chi connectivity index (χ0v) is 11.5. The number of allylic oxidation sites excluding steroid dienone is 1. The third-order valence-corrected chi connectivity index (χ3v) is 2.75. The van der Waals surface area contributed by atoms with Gasteiger partial charge in [0.2, 0.25) is 8.32 Å². The van der Waals surface area contributed by atoms with Gasteiger partial charge < -0.3 is 4.43 Å². The molecule has 0 bridgehead atoms. The Kier molecular flexibility index (Phi) is 4.12. The van der Waals surface area contributed by atoms with Crippen LogP contribution in [0, 0.1) is 0 Å². The molecule has 0 aliphatic rings. The van der Waals surface area contributed by atoms with Crippen molar-refractivity contribution < 1.29 is 4.43 Å². The van der Waals surface area contributed by atoms with E-state index in [9.17, 15) is 0 Å². The standard InChI is InChI=1S/C12H20N2OSi/c1-6-14-10-12(9-13-14)8-7-11(2)15-16(3,4)5/h7-10H,2,6H2,1,3-5H3. The van der Waals surface area contributed by atoms with Gasteiger partial charge in [-0.15, -0.1) is 0 Å². The summed E-state index contributed by atoms with van der Waals surface area (Å²) < 4.78 is 7.61. The Morgan fingerprint density at radius 1 is 1.56 bits per heavy atom. The van der Waals surface area contributed by atoms with Crippen LogP contribution < -0.4 is 0 Å². The zero-order valence-electron chi connectivity index (χ0n) is 10.5. The Bertz CT molecular complexity index is 388.